The minimum absolute atomic E-state index is 0.718. The zero-order valence-electron chi connectivity index (χ0n) is 16.1. The highest BCUT2D eigenvalue weighted by atomic mass is 35.5. The van der Waals surface area contributed by atoms with E-state index >= 15 is 0 Å². The van der Waals surface area contributed by atoms with Crippen LogP contribution in [0.15, 0.2) is 108 Å². The van der Waals surface area contributed by atoms with E-state index in [0.29, 0.717) is 0 Å². The molecule has 1 aromatic heterocycles. The smallest absolute Gasteiger partial charge is 0.143 e. The molecule has 0 unspecified atom stereocenters. The van der Waals surface area contributed by atoms with E-state index in [0.717, 1.165) is 38.1 Å². The van der Waals surface area contributed by atoms with Crippen molar-refractivity contribution in [3.8, 4) is 22.3 Å². The Bertz CT molecular complexity index is 1540. The molecule has 2 heteroatoms. The van der Waals surface area contributed by atoms with Gasteiger partial charge in [0.25, 0.3) is 0 Å². The Hall–Kier alpha value is -3.55. The van der Waals surface area contributed by atoms with Crippen LogP contribution < -0.4 is 0 Å². The van der Waals surface area contributed by atoms with E-state index in [9.17, 15) is 0 Å². The van der Waals surface area contributed by atoms with Crippen LogP contribution in [0.4, 0.5) is 0 Å². The van der Waals surface area contributed by atoms with E-state index in [1.54, 1.807) is 0 Å². The fourth-order valence-corrected chi connectivity index (χ4v) is 4.51. The molecular weight excluding hydrogens is 388 g/mol. The van der Waals surface area contributed by atoms with Crippen LogP contribution >= 0.6 is 11.6 Å². The zero-order valence-corrected chi connectivity index (χ0v) is 16.9. The Morgan fingerprint density at radius 3 is 2.17 bits per heavy atom. The topological polar surface area (TPSA) is 13.1 Å². The molecule has 0 atom stereocenters. The molecule has 0 bridgehead atoms. The summed E-state index contributed by atoms with van der Waals surface area (Å²) in [6, 6.07) is 35.7. The van der Waals surface area contributed by atoms with Crippen LogP contribution in [0.2, 0.25) is 5.02 Å². The molecule has 0 amide bonds. The molecule has 0 saturated heterocycles. The molecule has 0 aliphatic heterocycles. The number of halogens is 1. The number of fused-ring (bicyclic) bond motifs is 4. The molecule has 6 aromatic rings. The average Bonchev–Trinajstić information content (AvgIpc) is 3.19. The van der Waals surface area contributed by atoms with Crippen LogP contribution in [0, 0.1) is 0 Å². The molecule has 0 N–H and O–H groups in total. The first kappa shape index (κ1) is 17.3. The molecule has 1 heterocycles. The molecule has 5 aromatic carbocycles. The van der Waals surface area contributed by atoms with Crippen molar-refractivity contribution in [2.24, 2.45) is 0 Å². The fourth-order valence-electron chi connectivity index (χ4n) is 4.24. The quantitative estimate of drug-likeness (QED) is 0.281. The highest BCUT2D eigenvalue weighted by molar-refractivity contribution is 6.37. The van der Waals surface area contributed by atoms with Gasteiger partial charge in [-0.05, 0) is 45.7 Å². The molecule has 142 valence electrons. The number of hydrogen-bond donors (Lipinski definition) is 0. The van der Waals surface area contributed by atoms with Gasteiger partial charge in [-0.1, -0.05) is 96.5 Å². The first-order valence-corrected chi connectivity index (χ1v) is 10.3. The average molecular weight is 405 g/mol. The van der Waals surface area contributed by atoms with Crippen LogP contribution in [-0.2, 0) is 0 Å². The second-order valence-electron chi connectivity index (χ2n) is 7.54. The summed E-state index contributed by atoms with van der Waals surface area (Å²) in [6.07, 6.45) is 0. The van der Waals surface area contributed by atoms with E-state index in [4.69, 9.17) is 16.0 Å². The molecule has 0 spiro atoms. The lowest BCUT2D eigenvalue weighted by Gasteiger charge is -2.07. The van der Waals surface area contributed by atoms with Gasteiger partial charge in [0, 0.05) is 16.3 Å². The van der Waals surface area contributed by atoms with Gasteiger partial charge in [0.05, 0.1) is 5.02 Å². The first-order valence-electron chi connectivity index (χ1n) is 9.97. The minimum Gasteiger partial charge on any atom is -0.455 e. The fraction of sp³-hybridized carbons (Fsp3) is 0. The predicted molar refractivity (Wildman–Crippen MR) is 127 cm³/mol. The summed E-state index contributed by atoms with van der Waals surface area (Å²) in [6.45, 7) is 0. The van der Waals surface area contributed by atoms with Crippen molar-refractivity contribution in [2.75, 3.05) is 0 Å². The van der Waals surface area contributed by atoms with Crippen molar-refractivity contribution in [3.63, 3.8) is 0 Å². The third kappa shape index (κ3) is 2.71. The highest BCUT2D eigenvalue weighted by Crippen LogP contribution is 2.39. The Morgan fingerprint density at radius 2 is 1.30 bits per heavy atom. The number of benzene rings is 5. The second kappa shape index (κ2) is 6.76. The summed E-state index contributed by atoms with van der Waals surface area (Å²) in [4.78, 5) is 0. The Balaban J connectivity index is 1.46. The largest absolute Gasteiger partial charge is 0.455 e. The first-order chi connectivity index (χ1) is 14.8. The third-order valence-electron chi connectivity index (χ3n) is 5.75. The van der Waals surface area contributed by atoms with Gasteiger partial charge in [0.1, 0.15) is 11.2 Å². The van der Waals surface area contributed by atoms with Gasteiger partial charge < -0.3 is 4.42 Å². The molecule has 0 aliphatic carbocycles. The van der Waals surface area contributed by atoms with Crippen molar-refractivity contribution in [1.82, 2.24) is 0 Å². The summed E-state index contributed by atoms with van der Waals surface area (Å²) in [5.41, 5.74) is 6.31. The third-order valence-corrected chi connectivity index (χ3v) is 6.07. The van der Waals surface area contributed by atoms with E-state index < -0.39 is 0 Å². The highest BCUT2D eigenvalue weighted by Gasteiger charge is 2.14. The molecule has 0 aliphatic rings. The molecule has 6 rings (SSSR count). The van der Waals surface area contributed by atoms with Gasteiger partial charge in [0.15, 0.2) is 0 Å². The molecule has 0 radical (unpaired) electrons. The monoisotopic (exact) mass is 404 g/mol. The summed E-state index contributed by atoms with van der Waals surface area (Å²) >= 11 is 6.45. The van der Waals surface area contributed by atoms with Gasteiger partial charge in [-0.15, -0.1) is 0 Å². The Labute approximate surface area is 179 Å². The van der Waals surface area contributed by atoms with Gasteiger partial charge in [0.2, 0.25) is 0 Å². The van der Waals surface area contributed by atoms with Gasteiger partial charge >= 0.3 is 0 Å². The van der Waals surface area contributed by atoms with Crippen molar-refractivity contribution >= 4 is 44.3 Å². The van der Waals surface area contributed by atoms with Crippen LogP contribution in [-0.4, -0.2) is 0 Å². The Kier molecular flexibility index (Phi) is 3.90. The summed E-state index contributed by atoms with van der Waals surface area (Å²) in [5, 5.41) is 5.25. The number of hydrogen-bond acceptors (Lipinski definition) is 1. The SMILES string of the molecule is Clc1cccc2oc3c(-c4ccc(-c5ccc6ccccc6c5)cc4)cccc3c12. The zero-order chi connectivity index (χ0) is 20.1. The summed E-state index contributed by atoms with van der Waals surface area (Å²) in [7, 11) is 0. The van der Waals surface area contributed by atoms with Crippen LogP contribution in [0.3, 0.4) is 0 Å². The van der Waals surface area contributed by atoms with Crippen LogP contribution in [0.5, 0.6) is 0 Å². The number of para-hydroxylation sites is 1. The predicted octanol–water partition coefficient (Wildman–Crippen LogP) is 8.73. The van der Waals surface area contributed by atoms with Gasteiger partial charge in [-0.3, -0.25) is 0 Å². The number of rotatable bonds is 2. The van der Waals surface area contributed by atoms with Crippen LogP contribution in [0.25, 0.3) is 55.0 Å². The van der Waals surface area contributed by atoms with E-state index in [2.05, 4.69) is 84.9 Å². The molecule has 0 saturated carbocycles. The summed E-state index contributed by atoms with van der Waals surface area (Å²) in [5.74, 6) is 0. The second-order valence-corrected chi connectivity index (χ2v) is 7.94. The maximum atomic E-state index is 6.45. The van der Waals surface area contributed by atoms with E-state index in [1.165, 1.54) is 21.9 Å². The van der Waals surface area contributed by atoms with E-state index in [-0.39, 0.29) is 0 Å². The Morgan fingerprint density at radius 1 is 0.567 bits per heavy atom. The lowest BCUT2D eigenvalue weighted by molar-refractivity contribution is 0.670. The summed E-state index contributed by atoms with van der Waals surface area (Å²) < 4.78 is 6.20. The van der Waals surface area contributed by atoms with Gasteiger partial charge in [-0.25, -0.2) is 0 Å². The van der Waals surface area contributed by atoms with Crippen molar-refractivity contribution in [3.05, 3.63) is 108 Å². The standard InChI is InChI=1S/C28H17ClO/c29-25-9-4-10-26-27(25)24-8-3-7-23(28(24)30-26)20-14-11-19(12-15-20)22-16-13-18-5-1-2-6-21(18)17-22/h1-17H. The minimum atomic E-state index is 0.718. The molecule has 0 fully saturated rings. The van der Waals surface area contributed by atoms with Crippen LogP contribution in [0.1, 0.15) is 0 Å². The normalized spacial score (nSPS) is 11.5. The lowest BCUT2D eigenvalue weighted by atomic mass is 9.97. The number of furan rings is 1. The van der Waals surface area contributed by atoms with Crippen molar-refractivity contribution < 1.29 is 4.42 Å². The maximum Gasteiger partial charge on any atom is 0.143 e. The van der Waals surface area contributed by atoms with E-state index in [1.807, 2.05) is 18.2 Å². The maximum absolute atomic E-state index is 6.45. The molecule has 30 heavy (non-hydrogen) atoms. The van der Waals surface area contributed by atoms with Crippen molar-refractivity contribution in [2.45, 2.75) is 0 Å². The van der Waals surface area contributed by atoms with Crippen molar-refractivity contribution in [1.29, 1.82) is 0 Å². The molecule has 1 nitrogen and oxygen atoms in total. The molecular formula is C28H17ClO. The lowest BCUT2D eigenvalue weighted by Crippen LogP contribution is -1.82. The van der Waals surface area contributed by atoms with Gasteiger partial charge in [-0.2, -0.15) is 0 Å².